The summed E-state index contributed by atoms with van der Waals surface area (Å²) in [6, 6.07) is 0.321. The van der Waals surface area contributed by atoms with Gasteiger partial charge in [0.2, 0.25) is 0 Å². The van der Waals surface area contributed by atoms with Gasteiger partial charge in [0.25, 0.3) is 10.1 Å². The van der Waals surface area contributed by atoms with Gasteiger partial charge in [0, 0.05) is 12.6 Å². The van der Waals surface area contributed by atoms with E-state index in [0.717, 1.165) is 19.3 Å². The van der Waals surface area contributed by atoms with E-state index in [4.69, 9.17) is 4.55 Å². The second-order valence-electron chi connectivity index (χ2n) is 3.28. The number of hydrogen-bond donors (Lipinski definition) is 2. The number of unbranched alkanes of at least 4 members (excludes halogenated alkanes) is 1. The Balaban J connectivity index is 3.42. The van der Waals surface area contributed by atoms with Gasteiger partial charge in [-0.15, -0.1) is 0 Å². The lowest BCUT2D eigenvalue weighted by Gasteiger charge is -2.11. The Hall–Kier alpha value is -0.130. The van der Waals surface area contributed by atoms with Crippen LogP contribution >= 0.6 is 0 Å². The lowest BCUT2D eigenvalue weighted by atomic mass is 10.1. The van der Waals surface area contributed by atoms with Crippen molar-refractivity contribution in [2.24, 2.45) is 0 Å². The van der Waals surface area contributed by atoms with E-state index in [-0.39, 0.29) is 5.75 Å². The lowest BCUT2D eigenvalue weighted by molar-refractivity contribution is 0.470. The molecule has 0 aliphatic carbocycles. The maximum Gasteiger partial charge on any atom is 0.266 e. The molecule has 80 valence electrons. The molecular formula is C8H19NO3S. The van der Waals surface area contributed by atoms with Crippen LogP contribution in [0.25, 0.3) is 0 Å². The van der Waals surface area contributed by atoms with Crippen molar-refractivity contribution in [1.29, 1.82) is 0 Å². The average molecular weight is 209 g/mol. The third-order valence-corrected chi connectivity index (χ3v) is 2.56. The second kappa shape index (κ2) is 6.34. The van der Waals surface area contributed by atoms with Gasteiger partial charge in [-0.1, -0.05) is 19.8 Å². The summed E-state index contributed by atoms with van der Waals surface area (Å²) in [5.41, 5.74) is 0. The molecule has 5 heteroatoms. The molecule has 0 radical (unpaired) electrons. The summed E-state index contributed by atoms with van der Waals surface area (Å²) >= 11 is 0. The van der Waals surface area contributed by atoms with Crippen LogP contribution in [0.1, 0.15) is 33.1 Å². The Kier molecular flexibility index (Phi) is 6.28. The highest BCUT2D eigenvalue weighted by molar-refractivity contribution is 7.85. The molecule has 0 aromatic heterocycles. The van der Waals surface area contributed by atoms with Gasteiger partial charge in [-0.05, 0) is 13.3 Å². The van der Waals surface area contributed by atoms with Gasteiger partial charge in [-0.3, -0.25) is 4.55 Å². The molecule has 0 amide bonds. The van der Waals surface area contributed by atoms with Gasteiger partial charge < -0.3 is 5.32 Å². The molecule has 1 atom stereocenters. The molecule has 2 N–H and O–H groups in total. The van der Waals surface area contributed by atoms with Crippen molar-refractivity contribution in [3.05, 3.63) is 0 Å². The van der Waals surface area contributed by atoms with Gasteiger partial charge >= 0.3 is 0 Å². The van der Waals surface area contributed by atoms with Crippen LogP contribution in [0.15, 0.2) is 0 Å². The Morgan fingerprint density at radius 1 is 1.46 bits per heavy atom. The highest BCUT2D eigenvalue weighted by Crippen LogP contribution is 1.98. The van der Waals surface area contributed by atoms with E-state index in [1.54, 1.807) is 0 Å². The molecule has 0 aliphatic heterocycles. The fraction of sp³-hybridized carbons (Fsp3) is 1.00. The molecule has 0 aromatic carbocycles. The van der Waals surface area contributed by atoms with Crippen LogP contribution in [0, 0.1) is 0 Å². The van der Waals surface area contributed by atoms with Crippen molar-refractivity contribution >= 4 is 10.1 Å². The normalized spacial score (nSPS) is 14.4. The maximum atomic E-state index is 10.3. The molecule has 0 aromatic rings. The molecule has 0 bridgehead atoms. The second-order valence-corrected chi connectivity index (χ2v) is 4.86. The third kappa shape index (κ3) is 9.79. The van der Waals surface area contributed by atoms with E-state index >= 15 is 0 Å². The van der Waals surface area contributed by atoms with Crippen LogP contribution in [-0.4, -0.2) is 31.3 Å². The number of hydrogen-bond acceptors (Lipinski definition) is 3. The fourth-order valence-corrected chi connectivity index (χ4v) is 1.42. The van der Waals surface area contributed by atoms with Crippen molar-refractivity contribution in [2.45, 2.75) is 39.2 Å². The van der Waals surface area contributed by atoms with Gasteiger partial charge in [0.15, 0.2) is 0 Å². The molecule has 0 saturated heterocycles. The number of rotatable bonds is 7. The van der Waals surface area contributed by atoms with Crippen molar-refractivity contribution in [3.63, 3.8) is 0 Å². The molecule has 0 saturated carbocycles. The SMILES string of the molecule is CCCCC(C)NCCS(=O)(=O)O. The van der Waals surface area contributed by atoms with Crippen molar-refractivity contribution in [2.75, 3.05) is 12.3 Å². The molecule has 0 aliphatic rings. The summed E-state index contributed by atoms with van der Waals surface area (Å²) in [6.45, 7) is 4.45. The summed E-state index contributed by atoms with van der Waals surface area (Å²) in [6.07, 6.45) is 3.33. The largest absolute Gasteiger partial charge is 0.313 e. The molecule has 1 unspecified atom stereocenters. The Morgan fingerprint density at radius 2 is 2.08 bits per heavy atom. The molecule has 0 heterocycles. The predicted molar refractivity (Wildman–Crippen MR) is 53.4 cm³/mol. The van der Waals surface area contributed by atoms with Crippen molar-refractivity contribution in [3.8, 4) is 0 Å². The zero-order chi connectivity index (χ0) is 10.3. The van der Waals surface area contributed by atoms with Crippen LogP contribution in [0.2, 0.25) is 0 Å². The smallest absolute Gasteiger partial charge is 0.266 e. The predicted octanol–water partition coefficient (Wildman–Crippen LogP) is 1.04. The third-order valence-electron chi connectivity index (χ3n) is 1.84. The minimum atomic E-state index is -3.80. The summed E-state index contributed by atoms with van der Waals surface area (Å²) in [7, 11) is -3.80. The molecule has 0 rings (SSSR count). The average Bonchev–Trinajstić information content (AvgIpc) is 1.98. The van der Waals surface area contributed by atoms with E-state index in [0.29, 0.717) is 12.6 Å². The first-order valence-corrected chi connectivity index (χ1v) is 6.25. The van der Waals surface area contributed by atoms with Crippen molar-refractivity contribution < 1.29 is 13.0 Å². The molecule has 0 fully saturated rings. The quantitative estimate of drug-likeness (QED) is 0.615. The van der Waals surface area contributed by atoms with Gasteiger partial charge in [-0.2, -0.15) is 8.42 Å². The van der Waals surface area contributed by atoms with Crippen LogP contribution in [0.5, 0.6) is 0 Å². The van der Waals surface area contributed by atoms with E-state index in [1.807, 2.05) is 6.92 Å². The maximum absolute atomic E-state index is 10.3. The first-order valence-electron chi connectivity index (χ1n) is 4.64. The fourth-order valence-electron chi connectivity index (χ4n) is 1.05. The van der Waals surface area contributed by atoms with E-state index in [9.17, 15) is 8.42 Å². The summed E-state index contributed by atoms with van der Waals surface area (Å²) in [4.78, 5) is 0. The highest BCUT2D eigenvalue weighted by Gasteiger charge is 2.05. The lowest BCUT2D eigenvalue weighted by Crippen LogP contribution is -2.30. The van der Waals surface area contributed by atoms with E-state index in [2.05, 4.69) is 12.2 Å². The monoisotopic (exact) mass is 209 g/mol. The Labute approximate surface area is 80.5 Å². The molecule has 0 spiro atoms. The minimum absolute atomic E-state index is 0.205. The Morgan fingerprint density at radius 3 is 2.54 bits per heavy atom. The highest BCUT2D eigenvalue weighted by atomic mass is 32.2. The number of nitrogens with one attached hydrogen (secondary N) is 1. The summed E-state index contributed by atoms with van der Waals surface area (Å²) in [5.74, 6) is -0.205. The van der Waals surface area contributed by atoms with E-state index in [1.165, 1.54) is 0 Å². The summed E-state index contributed by atoms with van der Waals surface area (Å²) < 4.78 is 29.1. The van der Waals surface area contributed by atoms with Crippen LogP contribution in [0.3, 0.4) is 0 Å². The topological polar surface area (TPSA) is 66.4 Å². The Bertz CT molecular complexity index is 213. The zero-order valence-corrected chi connectivity index (χ0v) is 9.10. The standard InChI is InChI=1S/C8H19NO3S/c1-3-4-5-8(2)9-6-7-13(10,11)12/h8-9H,3-7H2,1-2H3,(H,10,11,12). The molecule has 4 nitrogen and oxygen atoms in total. The first kappa shape index (κ1) is 12.9. The zero-order valence-electron chi connectivity index (χ0n) is 8.28. The van der Waals surface area contributed by atoms with Gasteiger partial charge in [0.1, 0.15) is 0 Å². The van der Waals surface area contributed by atoms with Crippen LogP contribution in [0.4, 0.5) is 0 Å². The first-order chi connectivity index (χ1) is 5.95. The van der Waals surface area contributed by atoms with E-state index < -0.39 is 10.1 Å². The van der Waals surface area contributed by atoms with Crippen molar-refractivity contribution in [1.82, 2.24) is 5.32 Å². The van der Waals surface area contributed by atoms with Crippen LogP contribution < -0.4 is 5.32 Å². The van der Waals surface area contributed by atoms with Gasteiger partial charge in [0.05, 0.1) is 5.75 Å². The van der Waals surface area contributed by atoms with Gasteiger partial charge in [-0.25, -0.2) is 0 Å². The van der Waals surface area contributed by atoms with Crippen LogP contribution in [-0.2, 0) is 10.1 Å². The minimum Gasteiger partial charge on any atom is -0.313 e. The molecule has 13 heavy (non-hydrogen) atoms. The molecular weight excluding hydrogens is 190 g/mol. The summed E-state index contributed by atoms with van der Waals surface area (Å²) in [5, 5.41) is 3.03.